The first-order valence-corrected chi connectivity index (χ1v) is 7.03. The van der Waals surface area contributed by atoms with Crippen LogP contribution in [0, 0.1) is 5.41 Å². The van der Waals surface area contributed by atoms with Crippen LogP contribution in [0.5, 0.6) is 0 Å². The normalized spacial score (nSPS) is 16.8. The lowest BCUT2D eigenvalue weighted by atomic mass is 10.1. The highest BCUT2D eigenvalue weighted by molar-refractivity contribution is 7.98. The van der Waals surface area contributed by atoms with Crippen LogP contribution in [0.2, 0.25) is 5.15 Å². The Kier molecular flexibility index (Phi) is 3.94. The van der Waals surface area contributed by atoms with Gasteiger partial charge in [-0.25, -0.2) is 4.98 Å². The molecule has 3 nitrogen and oxygen atoms in total. The summed E-state index contributed by atoms with van der Waals surface area (Å²) in [6.45, 7) is 0. The van der Waals surface area contributed by atoms with Gasteiger partial charge in [-0.05, 0) is 41.7 Å². The second-order valence-electron chi connectivity index (χ2n) is 4.55. The summed E-state index contributed by atoms with van der Waals surface area (Å²) < 4.78 is 0. The topological polar surface area (TPSA) is 50.2 Å². The van der Waals surface area contributed by atoms with E-state index >= 15 is 0 Å². The number of thioether (sulfide) groups is 1. The summed E-state index contributed by atoms with van der Waals surface area (Å²) >= 11 is 7.57. The van der Waals surface area contributed by atoms with Gasteiger partial charge in [0.1, 0.15) is 5.15 Å². The van der Waals surface area contributed by atoms with Crippen LogP contribution in [-0.2, 0) is 10.5 Å². The van der Waals surface area contributed by atoms with Crippen molar-refractivity contribution < 1.29 is 9.90 Å². The van der Waals surface area contributed by atoms with Gasteiger partial charge in [0.15, 0.2) is 0 Å². The van der Waals surface area contributed by atoms with Crippen LogP contribution >= 0.6 is 23.4 Å². The zero-order chi connectivity index (χ0) is 12.3. The third-order valence-corrected chi connectivity index (χ3v) is 4.51. The number of aliphatic carboxylic acids is 1. The average Bonchev–Trinajstić information content (AvgIpc) is 2.97. The van der Waals surface area contributed by atoms with Crippen LogP contribution in [-0.4, -0.2) is 21.8 Å². The first-order chi connectivity index (χ1) is 8.10. The van der Waals surface area contributed by atoms with E-state index in [0.717, 1.165) is 29.9 Å². The molecular weight excluding hydrogens is 258 g/mol. The van der Waals surface area contributed by atoms with Gasteiger partial charge in [0.2, 0.25) is 0 Å². The van der Waals surface area contributed by atoms with E-state index in [9.17, 15) is 4.79 Å². The number of carboxylic acids is 1. The van der Waals surface area contributed by atoms with E-state index in [1.54, 1.807) is 18.0 Å². The van der Waals surface area contributed by atoms with Crippen molar-refractivity contribution >= 4 is 29.3 Å². The number of hydrogen-bond acceptors (Lipinski definition) is 3. The smallest absolute Gasteiger partial charge is 0.303 e. The number of pyridine rings is 1. The minimum atomic E-state index is -0.685. The SMILES string of the molecule is O=C(O)CC1(CSCc2ccnc(Cl)c2)CC1. The van der Waals surface area contributed by atoms with E-state index in [4.69, 9.17) is 16.7 Å². The predicted molar refractivity (Wildman–Crippen MR) is 69.3 cm³/mol. The predicted octanol–water partition coefficient (Wildman–Crippen LogP) is 3.22. The van der Waals surface area contributed by atoms with Gasteiger partial charge in [-0.15, -0.1) is 0 Å². The second kappa shape index (κ2) is 5.27. The summed E-state index contributed by atoms with van der Waals surface area (Å²) in [4.78, 5) is 14.6. The molecule has 0 aliphatic heterocycles. The molecule has 0 bridgehead atoms. The molecule has 1 aromatic heterocycles. The highest BCUT2D eigenvalue weighted by Crippen LogP contribution is 2.51. The van der Waals surface area contributed by atoms with Gasteiger partial charge in [-0.2, -0.15) is 11.8 Å². The van der Waals surface area contributed by atoms with E-state index < -0.39 is 5.97 Å². The van der Waals surface area contributed by atoms with Crippen LogP contribution < -0.4 is 0 Å². The zero-order valence-electron chi connectivity index (χ0n) is 9.36. The van der Waals surface area contributed by atoms with Crippen LogP contribution in [0.15, 0.2) is 18.3 Å². The fourth-order valence-electron chi connectivity index (χ4n) is 1.79. The molecule has 92 valence electrons. The van der Waals surface area contributed by atoms with E-state index in [2.05, 4.69) is 4.98 Å². The molecule has 0 radical (unpaired) electrons. The van der Waals surface area contributed by atoms with Gasteiger partial charge in [0.25, 0.3) is 0 Å². The molecule has 0 unspecified atom stereocenters. The van der Waals surface area contributed by atoms with Gasteiger partial charge >= 0.3 is 5.97 Å². The van der Waals surface area contributed by atoms with E-state index in [1.807, 2.05) is 12.1 Å². The van der Waals surface area contributed by atoms with Crippen LogP contribution in [0.1, 0.15) is 24.8 Å². The molecule has 2 rings (SSSR count). The fraction of sp³-hybridized carbons (Fsp3) is 0.500. The molecule has 1 heterocycles. The minimum absolute atomic E-state index is 0.0628. The maximum Gasteiger partial charge on any atom is 0.303 e. The van der Waals surface area contributed by atoms with E-state index in [1.165, 1.54) is 0 Å². The summed E-state index contributed by atoms with van der Waals surface area (Å²) in [6, 6.07) is 3.79. The Morgan fingerprint density at radius 2 is 2.35 bits per heavy atom. The Morgan fingerprint density at radius 1 is 1.59 bits per heavy atom. The molecule has 17 heavy (non-hydrogen) atoms. The Hall–Kier alpha value is -0.740. The molecule has 1 aromatic rings. The van der Waals surface area contributed by atoms with E-state index in [0.29, 0.717) is 11.6 Å². The van der Waals surface area contributed by atoms with Gasteiger partial charge < -0.3 is 5.11 Å². The van der Waals surface area contributed by atoms with Crippen LogP contribution in [0.3, 0.4) is 0 Å². The molecule has 1 saturated carbocycles. The van der Waals surface area contributed by atoms with E-state index in [-0.39, 0.29) is 5.41 Å². The zero-order valence-corrected chi connectivity index (χ0v) is 10.9. The molecular formula is C12H14ClNO2S. The van der Waals surface area contributed by atoms with Gasteiger partial charge in [0.05, 0.1) is 6.42 Å². The summed E-state index contributed by atoms with van der Waals surface area (Å²) in [5.41, 5.74) is 1.20. The third-order valence-electron chi connectivity index (χ3n) is 2.95. The number of hydrogen-bond donors (Lipinski definition) is 1. The molecule has 1 aliphatic carbocycles. The summed E-state index contributed by atoms with van der Waals surface area (Å²) in [6.07, 6.45) is 4.09. The first-order valence-electron chi connectivity index (χ1n) is 5.50. The molecule has 0 aromatic carbocycles. The maximum atomic E-state index is 10.7. The lowest BCUT2D eigenvalue weighted by Gasteiger charge is -2.11. The quantitative estimate of drug-likeness (QED) is 0.807. The molecule has 1 N–H and O–H groups in total. The molecule has 1 aliphatic rings. The molecule has 1 fully saturated rings. The largest absolute Gasteiger partial charge is 0.481 e. The molecule has 5 heteroatoms. The number of carbonyl (C=O) groups is 1. The summed E-state index contributed by atoms with van der Waals surface area (Å²) in [5, 5.41) is 9.32. The van der Waals surface area contributed by atoms with Crippen molar-refractivity contribution in [1.29, 1.82) is 0 Å². The van der Waals surface area contributed by atoms with Crippen molar-refractivity contribution in [2.75, 3.05) is 5.75 Å². The fourth-order valence-corrected chi connectivity index (χ4v) is 3.33. The third kappa shape index (κ3) is 3.89. The summed E-state index contributed by atoms with van der Waals surface area (Å²) in [5.74, 6) is 1.10. The molecule has 0 atom stereocenters. The summed E-state index contributed by atoms with van der Waals surface area (Å²) in [7, 11) is 0. The van der Waals surface area contributed by atoms with Crippen molar-refractivity contribution in [2.24, 2.45) is 5.41 Å². The second-order valence-corrected chi connectivity index (χ2v) is 5.92. The van der Waals surface area contributed by atoms with Crippen LogP contribution in [0.4, 0.5) is 0 Å². The molecule has 0 saturated heterocycles. The van der Waals surface area contributed by atoms with Gasteiger partial charge in [-0.3, -0.25) is 4.79 Å². The average molecular weight is 272 g/mol. The van der Waals surface area contributed by atoms with Gasteiger partial charge in [0, 0.05) is 11.9 Å². The Balaban J connectivity index is 1.78. The maximum absolute atomic E-state index is 10.7. The number of halogens is 1. The Bertz CT molecular complexity index is 421. The number of nitrogens with zero attached hydrogens (tertiary/aromatic N) is 1. The Morgan fingerprint density at radius 3 is 2.94 bits per heavy atom. The lowest BCUT2D eigenvalue weighted by Crippen LogP contribution is -2.11. The monoisotopic (exact) mass is 271 g/mol. The molecule has 0 spiro atoms. The van der Waals surface area contributed by atoms with Crippen molar-refractivity contribution in [3.05, 3.63) is 29.0 Å². The first kappa shape index (κ1) is 12.7. The number of aromatic nitrogens is 1. The van der Waals surface area contributed by atoms with Crippen molar-refractivity contribution in [3.63, 3.8) is 0 Å². The number of rotatable bonds is 6. The molecule has 0 amide bonds. The minimum Gasteiger partial charge on any atom is -0.481 e. The Labute approximate surface area is 110 Å². The number of carboxylic acid groups (broad SMARTS) is 1. The standard InChI is InChI=1S/C12H14ClNO2S/c13-10-5-9(1-4-14-10)7-17-8-12(2-3-12)6-11(15)16/h1,4-5H,2-3,6-8H2,(H,15,16). The van der Waals surface area contributed by atoms with Crippen molar-refractivity contribution in [1.82, 2.24) is 4.98 Å². The van der Waals surface area contributed by atoms with Crippen LogP contribution in [0.25, 0.3) is 0 Å². The lowest BCUT2D eigenvalue weighted by molar-refractivity contribution is -0.138. The highest BCUT2D eigenvalue weighted by Gasteiger charge is 2.43. The van der Waals surface area contributed by atoms with Gasteiger partial charge in [-0.1, -0.05) is 11.6 Å². The highest BCUT2D eigenvalue weighted by atomic mass is 35.5. The van der Waals surface area contributed by atoms with Crippen molar-refractivity contribution in [3.8, 4) is 0 Å². The van der Waals surface area contributed by atoms with Crippen molar-refractivity contribution in [2.45, 2.75) is 25.0 Å².